The summed E-state index contributed by atoms with van der Waals surface area (Å²) in [6.45, 7) is 5.30. The molecule has 3 atom stereocenters. The molecule has 0 saturated heterocycles. The van der Waals surface area contributed by atoms with Crippen molar-refractivity contribution in [2.45, 2.75) is 44.0 Å². The molecule has 46 heavy (non-hydrogen) atoms. The Morgan fingerprint density at radius 2 is 1.83 bits per heavy atom. The predicted octanol–water partition coefficient (Wildman–Crippen LogP) is 4.29. The molecular weight excluding hydrogens is 606 g/mol. The number of nitrogens with one attached hydrogen (secondary N) is 1. The number of hydrogen-bond acceptors (Lipinski definition) is 8. The number of imidazole rings is 1. The van der Waals surface area contributed by atoms with E-state index in [2.05, 4.69) is 14.6 Å². The second kappa shape index (κ2) is 14.4. The van der Waals surface area contributed by atoms with Crippen LogP contribution in [-0.2, 0) is 34.8 Å². The Balaban J connectivity index is 1.34. The summed E-state index contributed by atoms with van der Waals surface area (Å²) >= 11 is 0. The summed E-state index contributed by atoms with van der Waals surface area (Å²) in [5.74, 6) is 1.80. The minimum Gasteiger partial charge on any atom is -0.488 e. The zero-order valence-corrected chi connectivity index (χ0v) is 27.4. The lowest BCUT2D eigenvalue weighted by Crippen LogP contribution is -2.47. The van der Waals surface area contributed by atoms with Gasteiger partial charge in [-0.15, -0.1) is 0 Å². The maximum absolute atomic E-state index is 13.5. The summed E-state index contributed by atoms with van der Waals surface area (Å²) < 4.78 is 42.5. The second-order valence-corrected chi connectivity index (χ2v) is 13.6. The van der Waals surface area contributed by atoms with Crippen LogP contribution in [0.2, 0.25) is 0 Å². The first-order valence-electron chi connectivity index (χ1n) is 15.2. The number of para-hydroxylation sites is 1. The van der Waals surface area contributed by atoms with E-state index in [0.29, 0.717) is 36.6 Å². The number of rotatable bonds is 11. The fraction of sp³-hybridized carbons (Fsp3) is 0.353. The van der Waals surface area contributed by atoms with Gasteiger partial charge in [-0.2, -0.15) is 8.42 Å². The Bertz CT molecular complexity index is 1730. The van der Waals surface area contributed by atoms with Crippen molar-refractivity contribution in [1.82, 2.24) is 19.4 Å². The molecule has 0 spiro atoms. The summed E-state index contributed by atoms with van der Waals surface area (Å²) in [6, 6.07) is 22.2. The molecule has 1 aliphatic rings. The van der Waals surface area contributed by atoms with Crippen LogP contribution in [0.1, 0.15) is 25.0 Å². The lowest BCUT2D eigenvalue weighted by molar-refractivity contribution is -0.134. The SMILES string of the molecule is C[C@H]1CN([C@@H](C)CO)C(=O)Cc2cc(NS(=O)(=O)c3cn(C)cn3)ccc2O[C@H]1CN(C)Cc1ccc(Oc2ccccc2)cc1. The number of ether oxygens (including phenoxy) is 2. The summed E-state index contributed by atoms with van der Waals surface area (Å²) in [6.07, 6.45) is 2.51. The Morgan fingerprint density at radius 3 is 2.50 bits per heavy atom. The molecule has 0 unspecified atom stereocenters. The van der Waals surface area contributed by atoms with Crippen LogP contribution < -0.4 is 14.2 Å². The molecule has 4 aromatic rings. The lowest BCUT2D eigenvalue weighted by atomic mass is 10.0. The molecular formula is C34H41N5O6S. The smallest absolute Gasteiger partial charge is 0.280 e. The van der Waals surface area contributed by atoms with E-state index in [1.54, 1.807) is 34.7 Å². The largest absolute Gasteiger partial charge is 0.488 e. The number of aliphatic hydroxyl groups excluding tert-OH is 1. The Kier molecular flexibility index (Phi) is 10.3. The number of amides is 1. The summed E-state index contributed by atoms with van der Waals surface area (Å²) in [7, 11) is -0.224. The Hall–Kier alpha value is -4.39. The highest BCUT2D eigenvalue weighted by atomic mass is 32.2. The number of fused-ring (bicyclic) bond motifs is 1. The van der Waals surface area contributed by atoms with Crippen molar-refractivity contribution in [3.8, 4) is 17.2 Å². The normalized spacial score (nSPS) is 17.8. The van der Waals surface area contributed by atoms with Gasteiger partial charge in [-0.25, -0.2) is 4.98 Å². The molecule has 5 rings (SSSR count). The number of carbonyl (C=O) groups is 1. The zero-order chi connectivity index (χ0) is 32.8. The van der Waals surface area contributed by atoms with Crippen LogP contribution in [0, 0.1) is 5.92 Å². The molecule has 1 aliphatic heterocycles. The van der Waals surface area contributed by atoms with Gasteiger partial charge in [0.25, 0.3) is 10.0 Å². The highest BCUT2D eigenvalue weighted by Crippen LogP contribution is 2.30. The monoisotopic (exact) mass is 647 g/mol. The fourth-order valence-electron chi connectivity index (χ4n) is 5.42. The van der Waals surface area contributed by atoms with Crippen molar-refractivity contribution in [3.05, 3.63) is 96.4 Å². The average molecular weight is 648 g/mol. The van der Waals surface area contributed by atoms with E-state index >= 15 is 0 Å². The number of anilines is 1. The molecule has 2 N–H and O–H groups in total. The third kappa shape index (κ3) is 8.25. The highest BCUT2D eigenvalue weighted by Gasteiger charge is 2.31. The first kappa shape index (κ1) is 33.0. The Morgan fingerprint density at radius 1 is 1.11 bits per heavy atom. The first-order chi connectivity index (χ1) is 22.0. The summed E-state index contributed by atoms with van der Waals surface area (Å²) in [5.41, 5.74) is 1.95. The van der Waals surface area contributed by atoms with Crippen molar-refractivity contribution in [2.75, 3.05) is 31.5 Å². The summed E-state index contributed by atoms with van der Waals surface area (Å²) in [5, 5.41) is 9.84. The number of likely N-dealkylation sites (N-methyl/N-ethyl adjacent to an activating group) is 1. The number of aryl methyl sites for hydroxylation is 1. The van der Waals surface area contributed by atoms with E-state index in [1.807, 2.05) is 75.5 Å². The van der Waals surface area contributed by atoms with Crippen molar-refractivity contribution < 1.29 is 27.8 Å². The molecule has 0 radical (unpaired) electrons. The number of benzene rings is 3. The van der Waals surface area contributed by atoms with E-state index in [9.17, 15) is 18.3 Å². The van der Waals surface area contributed by atoms with Gasteiger partial charge in [0, 0.05) is 50.0 Å². The zero-order valence-electron chi connectivity index (χ0n) is 26.5. The number of nitrogens with zero attached hydrogens (tertiary/aromatic N) is 4. The minimum atomic E-state index is -3.93. The van der Waals surface area contributed by atoms with Crippen LogP contribution in [0.15, 0.2) is 90.3 Å². The van der Waals surface area contributed by atoms with E-state index < -0.39 is 16.1 Å². The van der Waals surface area contributed by atoms with E-state index in [0.717, 1.165) is 17.1 Å². The maximum Gasteiger partial charge on any atom is 0.280 e. The topological polar surface area (TPSA) is 126 Å². The van der Waals surface area contributed by atoms with Crippen molar-refractivity contribution in [2.24, 2.45) is 13.0 Å². The van der Waals surface area contributed by atoms with E-state index in [4.69, 9.17) is 9.47 Å². The van der Waals surface area contributed by atoms with E-state index in [-0.39, 0.29) is 36.0 Å². The van der Waals surface area contributed by atoms with Gasteiger partial charge in [-0.3, -0.25) is 14.4 Å². The highest BCUT2D eigenvalue weighted by molar-refractivity contribution is 7.92. The van der Waals surface area contributed by atoms with Crippen LogP contribution in [-0.4, -0.2) is 77.7 Å². The molecule has 0 fully saturated rings. The maximum atomic E-state index is 13.5. The molecule has 0 saturated carbocycles. The van der Waals surface area contributed by atoms with Gasteiger partial charge in [0.1, 0.15) is 23.4 Å². The van der Waals surface area contributed by atoms with Gasteiger partial charge in [-0.1, -0.05) is 37.3 Å². The minimum absolute atomic E-state index is 0.00842. The van der Waals surface area contributed by atoms with Gasteiger partial charge in [-0.05, 0) is 62.0 Å². The van der Waals surface area contributed by atoms with Gasteiger partial charge < -0.3 is 24.0 Å². The third-order valence-corrected chi connectivity index (χ3v) is 9.24. The predicted molar refractivity (Wildman–Crippen MR) is 175 cm³/mol. The average Bonchev–Trinajstić information content (AvgIpc) is 3.49. The molecule has 0 aliphatic carbocycles. The molecule has 1 amide bonds. The van der Waals surface area contributed by atoms with E-state index in [1.165, 1.54) is 12.5 Å². The molecule has 11 nitrogen and oxygen atoms in total. The van der Waals surface area contributed by atoms with Crippen molar-refractivity contribution >= 4 is 21.6 Å². The number of hydrogen-bond donors (Lipinski definition) is 2. The number of carbonyl (C=O) groups excluding carboxylic acids is 1. The fourth-order valence-corrected chi connectivity index (χ4v) is 6.45. The second-order valence-electron chi connectivity index (χ2n) is 11.9. The molecule has 2 heterocycles. The molecule has 244 valence electrons. The lowest BCUT2D eigenvalue weighted by Gasteiger charge is -2.34. The molecule has 0 bridgehead atoms. The van der Waals surface area contributed by atoms with Crippen molar-refractivity contribution in [3.63, 3.8) is 0 Å². The van der Waals surface area contributed by atoms with Gasteiger partial charge in [0.2, 0.25) is 5.91 Å². The quantitative estimate of drug-likeness (QED) is 0.247. The van der Waals surface area contributed by atoms with Crippen molar-refractivity contribution in [1.29, 1.82) is 0 Å². The van der Waals surface area contributed by atoms with Gasteiger partial charge in [0.15, 0.2) is 5.03 Å². The molecule has 12 heteroatoms. The standard InChI is InChI=1S/C34H41N5O6S/c1-24-18-39(25(2)22-40)34(41)17-27-16-28(36-46(42,43)33-21-38(4)23-35-33)12-15-31(27)45-32(24)20-37(3)19-26-10-13-30(14-11-26)44-29-8-6-5-7-9-29/h5-16,21,23-25,32,36,40H,17-20,22H2,1-4H3/t24-,25-,32-/m0/s1. The third-order valence-electron chi connectivity index (χ3n) is 7.97. The van der Waals surface area contributed by atoms with Crippen LogP contribution in [0.25, 0.3) is 0 Å². The van der Waals surface area contributed by atoms with Crippen LogP contribution >= 0.6 is 0 Å². The van der Waals surface area contributed by atoms with Gasteiger partial charge in [0.05, 0.1) is 25.4 Å². The molecule has 1 aromatic heterocycles. The van der Waals surface area contributed by atoms with Crippen LogP contribution in [0.4, 0.5) is 5.69 Å². The Labute approximate surface area is 270 Å². The first-order valence-corrected chi connectivity index (χ1v) is 16.7. The molecule has 3 aromatic carbocycles. The van der Waals surface area contributed by atoms with Gasteiger partial charge >= 0.3 is 0 Å². The summed E-state index contributed by atoms with van der Waals surface area (Å²) in [4.78, 5) is 21.4. The van der Waals surface area contributed by atoms with Crippen LogP contribution in [0.5, 0.6) is 17.2 Å². The number of sulfonamides is 1. The van der Waals surface area contributed by atoms with Crippen LogP contribution in [0.3, 0.4) is 0 Å². The number of aromatic nitrogens is 2. The number of aliphatic hydroxyl groups is 1.